The van der Waals surface area contributed by atoms with Crippen LogP contribution in [0.5, 0.6) is 0 Å². The normalized spacial score (nSPS) is 14.1. The van der Waals surface area contributed by atoms with E-state index in [9.17, 15) is 4.79 Å². The van der Waals surface area contributed by atoms with E-state index in [0.29, 0.717) is 6.54 Å². The molecule has 3 nitrogen and oxygen atoms in total. The Kier molecular flexibility index (Phi) is 3.60. The quantitative estimate of drug-likeness (QED) is 0.771. The number of carbonyl (C=O) groups excluding carboxylic acids is 1. The zero-order valence-corrected chi connectivity index (χ0v) is 9.64. The molecule has 2 rings (SSSR count). The third-order valence-electron chi connectivity index (χ3n) is 2.42. The van der Waals surface area contributed by atoms with Crippen LogP contribution in [0.2, 0.25) is 0 Å². The predicted octanol–water partition coefficient (Wildman–Crippen LogP) is 1.12. The molecule has 0 saturated heterocycles. The topological polar surface area (TPSA) is 49.3 Å². The van der Waals surface area contributed by atoms with Gasteiger partial charge in [-0.2, -0.15) is 0 Å². The van der Waals surface area contributed by atoms with Gasteiger partial charge in [0.25, 0.3) is 0 Å². The highest BCUT2D eigenvalue weighted by molar-refractivity contribution is 7.10. The van der Waals surface area contributed by atoms with Gasteiger partial charge >= 0.3 is 0 Å². The molecule has 0 bridgehead atoms. The van der Waals surface area contributed by atoms with Crippen molar-refractivity contribution in [2.45, 2.75) is 19.4 Å². The lowest BCUT2D eigenvalue weighted by Crippen LogP contribution is -2.23. The van der Waals surface area contributed by atoms with E-state index in [1.807, 2.05) is 11.4 Å². The Morgan fingerprint density at radius 3 is 3.12 bits per heavy atom. The molecule has 1 aliphatic carbocycles. The Labute approximate surface area is 98.5 Å². The zero-order chi connectivity index (χ0) is 11.4. The van der Waals surface area contributed by atoms with Crippen molar-refractivity contribution in [2.24, 2.45) is 5.92 Å². The molecular weight excluding hydrogens is 222 g/mol. The van der Waals surface area contributed by atoms with Crippen molar-refractivity contribution in [1.82, 2.24) is 5.32 Å². The smallest absolute Gasteiger partial charge is 0.223 e. The lowest BCUT2D eigenvalue weighted by atomic mass is 10.2. The average molecular weight is 235 g/mol. The second kappa shape index (κ2) is 5.15. The summed E-state index contributed by atoms with van der Waals surface area (Å²) in [7, 11) is 0. The Morgan fingerprint density at radius 2 is 2.44 bits per heavy atom. The molecule has 0 atom stereocenters. The molecule has 1 aliphatic rings. The molecule has 0 aromatic carbocycles. The summed E-state index contributed by atoms with van der Waals surface area (Å²) < 4.78 is 0. The second-order valence-electron chi connectivity index (χ2n) is 3.71. The van der Waals surface area contributed by atoms with Gasteiger partial charge in [0.1, 0.15) is 6.61 Å². The zero-order valence-electron chi connectivity index (χ0n) is 8.82. The van der Waals surface area contributed by atoms with Crippen LogP contribution < -0.4 is 5.32 Å². The van der Waals surface area contributed by atoms with E-state index in [4.69, 9.17) is 5.11 Å². The first-order chi connectivity index (χ1) is 7.81. The number of hydrogen-bond acceptors (Lipinski definition) is 3. The van der Waals surface area contributed by atoms with Crippen LogP contribution in [0, 0.1) is 17.8 Å². The second-order valence-corrected chi connectivity index (χ2v) is 4.71. The van der Waals surface area contributed by atoms with Crippen LogP contribution in [-0.4, -0.2) is 17.6 Å². The third kappa shape index (κ3) is 2.84. The summed E-state index contributed by atoms with van der Waals surface area (Å²) in [5.74, 6) is 5.87. The Morgan fingerprint density at radius 1 is 1.62 bits per heavy atom. The first kappa shape index (κ1) is 11.2. The Bertz CT molecular complexity index is 437. The Balaban J connectivity index is 1.92. The van der Waals surface area contributed by atoms with Gasteiger partial charge in [0.2, 0.25) is 5.91 Å². The largest absolute Gasteiger partial charge is 0.384 e. The Hall–Kier alpha value is -1.31. The fraction of sp³-hybridized carbons (Fsp3) is 0.417. The number of hydrogen-bond donors (Lipinski definition) is 2. The SMILES string of the molecule is O=C(NCc1sccc1C#CCO)C1CC1. The molecule has 0 spiro atoms. The number of carbonyl (C=O) groups is 1. The standard InChI is InChI=1S/C12H13NO2S/c14-6-1-2-9-5-7-16-11(9)8-13-12(15)10-3-4-10/h5,7,10,14H,3-4,6,8H2,(H,13,15). The highest BCUT2D eigenvalue weighted by Gasteiger charge is 2.29. The van der Waals surface area contributed by atoms with Crippen molar-refractivity contribution in [2.75, 3.05) is 6.61 Å². The molecule has 1 heterocycles. The highest BCUT2D eigenvalue weighted by Crippen LogP contribution is 2.29. The van der Waals surface area contributed by atoms with E-state index in [1.165, 1.54) is 0 Å². The van der Waals surface area contributed by atoms with Crippen molar-refractivity contribution in [3.8, 4) is 11.8 Å². The molecule has 2 N–H and O–H groups in total. The molecule has 0 unspecified atom stereocenters. The van der Waals surface area contributed by atoms with Gasteiger partial charge in [-0.05, 0) is 24.3 Å². The van der Waals surface area contributed by atoms with Crippen LogP contribution in [0.1, 0.15) is 23.3 Å². The van der Waals surface area contributed by atoms with Crippen molar-refractivity contribution in [1.29, 1.82) is 0 Å². The van der Waals surface area contributed by atoms with E-state index in [1.54, 1.807) is 11.3 Å². The predicted molar refractivity (Wildman–Crippen MR) is 62.9 cm³/mol. The van der Waals surface area contributed by atoms with Gasteiger partial charge in [0.15, 0.2) is 0 Å². The van der Waals surface area contributed by atoms with Crippen LogP contribution in [0.25, 0.3) is 0 Å². The monoisotopic (exact) mass is 235 g/mol. The maximum atomic E-state index is 11.4. The van der Waals surface area contributed by atoms with Gasteiger partial charge < -0.3 is 10.4 Å². The van der Waals surface area contributed by atoms with Crippen LogP contribution in [0.3, 0.4) is 0 Å². The molecule has 16 heavy (non-hydrogen) atoms. The number of aliphatic hydroxyl groups excluding tert-OH is 1. The summed E-state index contributed by atoms with van der Waals surface area (Å²) in [6.07, 6.45) is 2.04. The third-order valence-corrected chi connectivity index (χ3v) is 3.34. The van der Waals surface area contributed by atoms with Gasteiger partial charge in [0.05, 0.1) is 6.54 Å². The minimum absolute atomic E-state index is 0.135. The molecule has 1 aromatic heterocycles. The minimum atomic E-state index is -0.135. The molecule has 1 fully saturated rings. The summed E-state index contributed by atoms with van der Waals surface area (Å²) in [6, 6.07) is 1.91. The van der Waals surface area contributed by atoms with E-state index in [-0.39, 0.29) is 18.4 Å². The fourth-order valence-corrected chi connectivity index (χ4v) is 2.15. The minimum Gasteiger partial charge on any atom is -0.384 e. The summed E-state index contributed by atoms with van der Waals surface area (Å²) in [4.78, 5) is 12.5. The molecule has 4 heteroatoms. The van der Waals surface area contributed by atoms with Gasteiger partial charge in [-0.25, -0.2) is 0 Å². The summed E-state index contributed by atoms with van der Waals surface area (Å²) in [5, 5.41) is 13.5. The van der Waals surface area contributed by atoms with Gasteiger partial charge in [-0.1, -0.05) is 11.8 Å². The molecule has 1 aromatic rings. The number of thiophene rings is 1. The van der Waals surface area contributed by atoms with Gasteiger partial charge in [0, 0.05) is 16.4 Å². The van der Waals surface area contributed by atoms with Crippen LogP contribution in [0.4, 0.5) is 0 Å². The lowest BCUT2D eigenvalue weighted by molar-refractivity contribution is -0.122. The molecule has 1 saturated carbocycles. The number of aliphatic hydroxyl groups is 1. The summed E-state index contributed by atoms with van der Waals surface area (Å²) >= 11 is 1.58. The lowest BCUT2D eigenvalue weighted by Gasteiger charge is -2.02. The maximum absolute atomic E-state index is 11.4. The maximum Gasteiger partial charge on any atom is 0.223 e. The van der Waals surface area contributed by atoms with Crippen molar-refractivity contribution >= 4 is 17.2 Å². The molecular formula is C12H13NO2S. The first-order valence-electron chi connectivity index (χ1n) is 5.25. The first-order valence-corrected chi connectivity index (χ1v) is 6.13. The van der Waals surface area contributed by atoms with Gasteiger partial charge in [-0.3, -0.25) is 4.79 Å². The molecule has 0 radical (unpaired) electrons. The summed E-state index contributed by atoms with van der Waals surface area (Å²) in [6.45, 7) is 0.409. The van der Waals surface area contributed by atoms with Crippen LogP contribution in [-0.2, 0) is 11.3 Å². The fourth-order valence-electron chi connectivity index (χ4n) is 1.38. The van der Waals surface area contributed by atoms with Crippen molar-refractivity contribution < 1.29 is 9.90 Å². The van der Waals surface area contributed by atoms with E-state index in [0.717, 1.165) is 23.3 Å². The number of rotatable bonds is 3. The van der Waals surface area contributed by atoms with E-state index >= 15 is 0 Å². The number of nitrogens with one attached hydrogen (secondary N) is 1. The van der Waals surface area contributed by atoms with E-state index < -0.39 is 0 Å². The molecule has 0 aliphatic heterocycles. The molecule has 84 valence electrons. The highest BCUT2D eigenvalue weighted by atomic mass is 32.1. The van der Waals surface area contributed by atoms with E-state index in [2.05, 4.69) is 17.2 Å². The van der Waals surface area contributed by atoms with Gasteiger partial charge in [-0.15, -0.1) is 11.3 Å². The van der Waals surface area contributed by atoms with Crippen molar-refractivity contribution in [3.05, 3.63) is 21.9 Å². The summed E-state index contributed by atoms with van der Waals surface area (Å²) in [5.41, 5.74) is 0.898. The van der Waals surface area contributed by atoms with Crippen LogP contribution in [0.15, 0.2) is 11.4 Å². The molecule has 1 amide bonds. The van der Waals surface area contributed by atoms with Crippen molar-refractivity contribution in [3.63, 3.8) is 0 Å². The number of amides is 1. The van der Waals surface area contributed by atoms with Crippen LogP contribution >= 0.6 is 11.3 Å². The average Bonchev–Trinajstić information content (AvgIpc) is 3.04.